The van der Waals surface area contributed by atoms with Gasteiger partial charge in [-0.1, -0.05) is 23.7 Å². The van der Waals surface area contributed by atoms with Crippen molar-refractivity contribution < 1.29 is 0 Å². The molecule has 1 aromatic heterocycles. The first-order chi connectivity index (χ1) is 11.0. The van der Waals surface area contributed by atoms with Gasteiger partial charge in [0, 0.05) is 36.4 Å². The molecule has 0 spiro atoms. The summed E-state index contributed by atoms with van der Waals surface area (Å²) < 4.78 is 0. The van der Waals surface area contributed by atoms with Crippen molar-refractivity contribution in [3.05, 3.63) is 58.7 Å². The van der Waals surface area contributed by atoms with Crippen molar-refractivity contribution in [2.75, 3.05) is 19.0 Å². The van der Waals surface area contributed by atoms with E-state index in [0.29, 0.717) is 5.02 Å². The topological polar surface area (TPSA) is 66.9 Å². The second kappa shape index (κ2) is 7.24. The second-order valence-corrected chi connectivity index (χ2v) is 5.58. The number of aromatic nitrogens is 1. The summed E-state index contributed by atoms with van der Waals surface area (Å²) in [5, 5.41) is 0.618. The Labute approximate surface area is 141 Å². The van der Waals surface area contributed by atoms with Crippen LogP contribution in [0.3, 0.4) is 0 Å². The van der Waals surface area contributed by atoms with E-state index in [1.807, 2.05) is 62.3 Å². The summed E-state index contributed by atoms with van der Waals surface area (Å²) in [7, 11) is 3.87. The molecule has 5 nitrogen and oxygen atoms in total. The lowest BCUT2D eigenvalue weighted by Crippen LogP contribution is -2.25. The fourth-order valence-corrected chi connectivity index (χ4v) is 2.57. The van der Waals surface area contributed by atoms with Gasteiger partial charge < -0.3 is 10.6 Å². The van der Waals surface area contributed by atoms with Gasteiger partial charge in [0.15, 0.2) is 0 Å². The summed E-state index contributed by atoms with van der Waals surface area (Å²) in [6.07, 6.45) is 4.72. The van der Waals surface area contributed by atoms with Crippen LogP contribution in [0, 0.1) is 0 Å². The molecule has 1 unspecified atom stereocenters. The summed E-state index contributed by atoms with van der Waals surface area (Å²) in [5.41, 5.74) is 6.34. The molecule has 0 amide bonds. The van der Waals surface area contributed by atoms with Crippen LogP contribution in [-0.4, -0.2) is 31.6 Å². The molecule has 1 heterocycles. The molecule has 0 bridgehead atoms. The number of nitrogens with two attached hydrogens (primary N) is 1. The number of nitrogens with zero attached hydrogens (tertiary/aromatic N) is 4. The van der Waals surface area contributed by atoms with Crippen molar-refractivity contribution in [3.8, 4) is 0 Å². The fraction of sp³-hybridized carbons (Fsp3) is 0.235. The van der Waals surface area contributed by atoms with Crippen LogP contribution in [0.25, 0.3) is 0 Å². The molecule has 120 valence electrons. The van der Waals surface area contributed by atoms with Gasteiger partial charge in [0.2, 0.25) is 5.66 Å². The maximum absolute atomic E-state index is 6.16. The molecular weight excluding hydrogens is 310 g/mol. The number of halogens is 1. The monoisotopic (exact) mass is 329 g/mol. The first-order valence-corrected chi connectivity index (χ1v) is 7.56. The Balaban J connectivity index is 2.74. The minimum atomic E-state index is -0.984. The summed E-state index contributed by atoms with van der Waals surface area (Å²) >= 11 is 6.16. The first-order valence-electron chi connectivity index (χ1n) is 7.18. The molecule has 2 rings (SSSR count). The van der Waals surface area contributed by atoms with Crippen molar-refractivity contribution in [3.63, 3.8) is 0 Å². The fourth-order valence-electron chi connectivity index (χ4n) is 2.38. The molecule has 1 aromatic carbocycles. The highest BCUT2D eigenvalue weighted by atomic mass is 35.5. The smallest absolute Gasteiger partial charge is 0.202 e. The largest absolute Gasteiger partial charge is 0.390 e. The SMILES string of the molecule is CC=NC(N=CN)(c1cccc(Cl)c1)c1ccnc(N(C)C)c1. The lowest BCUT2D eigenvalue weighted by molar-refractivity contribution is 0.578. The zero-order chi connectivity index (χ0) is 16.9. The van der Waals surface area contributed by atoms with Crippen LogP contribution in [0.1, 0.15) is 18.1 Å². The number of anilines is 1. The van der Waals surface area contributed by atoms with Gasteiger partial charge in [-0.3, -0.25) is 4.99 Å². The molecule has 0 fully saturated rings. The third kappa shape index (κ3) is 3.51. The summed E-state index contributed by atoms with van der Waals surface area (Å²) in [5.74, 6) is 0.812. The van der Waals surface area contributed by atoms with Gasteiger partial charge in [-0.2, -0.15) is 0 Å². The lowest BCUT2D eigenvalue weighted by Gasteiger charge is -2.27. The Morgan fingerprint density at radius 3 is 2.52 bits per heavy atom. The van der Waals surface area contributed by atoms with Gasteiger partial charge in [-0.05, 0) is 37.4 Å². The maximum Gasteiger partial charge on any atom is 0.202 e. The predicted octanol–water partition coefficient (Wildman–Crippen LogP) is 3.08. The number of rotatable bonds is 5. The Bertz CT molecular complexity index is 712. The van der Waals surface area contributed by atoms with Crippen LogP contribution in [0.4, 0.5) is 5.82 Å². The van der Waals surface area contributed by atoms with Crippen LogP contribution in [0.15, 0.2) is 52.6 Å². The maximum atomic E-state index is 6.16. The van der Waals surface area contributed by atoms with Gasteiger partial charge in [0.1, 0.15) is 5.82 Å². The molecule has 0 radical (unpaired) electrons. The van der Waals surface area contributed by atoms with Gasteiger partial charge >= 0.3 is 0 Å². The minimum Gasteiger partial charge on any atom is -0.390 e. The molecule has 0 aliphatic rings. The zero-order valence-corrected chi connectivity index (χ0v) is 14.2. The van der Waals surface area contributed by atoms with Crippen molar-refractivity contribution in [1.29, 1.82) is 0 Å². The molecule has 1 atom stereocenters. The lowest BCUT2D eigenvalue weighted by atomic mass is 9.92. The quantitative estimate of drug-likeness (QED) is 0.677. The summed E-state index contributed by atoms with van der Waals surface area (Å²) in [6, 6.07) is 11.3. The van der Waals surface area contributed by atoms with Crippen molar-refractivity contribution in [1.82, 2.24) is 4.98 Å². The standard InChI is InChI=1S/C17H20ClN5/c1-4-21-17(22-12-19,13-6-5-7-15(18)10-13)14-8-9-20-16(11-14)23(2)3/h4-12H,1-3H3,(H2,19,22). The highest BCUT2D eigenvalue weighted by Gasteiger charge is 2.33. The Morgan fingerprint density at radius 2 is 1.91 bits per heavy atom. The average molecular weight is 330 g/mol. The predicted molar refractivity (Wildman–Crippen MR) is 97.6 cm³/mol. The van der Waals surface area contributed by atoms with E-state index < -0.39 is 5.66 Å². The van der Waals surface area contributed by atoms with Crippen LogP contribution >= 0.6 is 11.6 Å². The van der Waals surface area contributed by atoms with E-state index in [9.17, 15) is 0 Å². The molecule has 0 aliphatic carbocycles. The van der Waals surface area contributed by atoms with Crippen LogP contribution in [0.2, 0.25) is 5.02 Å². The average Bonchev–Trinajstić information content (AvgIpc) is 2.54. The first kappa shape index (κ1) is 17.0. The van der Waals surface area contributed by atoms with E-state index >= 15 is 0 Å². The summed E-state index contributed by atoms with van der Waals surface area (Å²) in [6.45, 7) is 1.85. The molecule has 6 heteroatoms. The number of hydrogen-bond donors (Lipinski definition) is 1. The van der Waals surface area contributed by atoms with Gasteiger partial charge in [0.25, 0.3) is 0 Å². The minimum absolute atomic E-state index is 0.618. The third-order valence-corrected chi connectivity index (χ3v) is 3.65. The van der Waals surface area contributed by atoms with E-state index in [4.69, 9.17) is 17.3 Å². The van der Waals surface area contributed by atoms with Crippen LogP contribution < -0.4 is 10.6 Å². The third-order valence-electron chi connectivity index (χ3n) is 3.41. The molecule has 2 aromatic rings. The van der Waals surface area contributed by atoms with Gasteiger partial charge in [-0.15, -0.1) is 0 Å². The van der Waals surface area contributed by atoms with E-state index in [1.165, 1.54) is 6.34 Å². The van der Waals surface area contributed by atoms with Crippen LogP contribution in [0.5, 0.6) is 0 Å². The highest BCUT2D eigenvalue weighted by Crippen LogP contribution is 2.37. The number of benzene rings is 1. The van der Waals surface area contributed by atoms with Crippen LogP contribution in [-0.2, 0) is 5.66 Å². The van der Waals surface area contributed by atoms with E-state index in [0.717, 1.165) is 16.9 Å². The molecule has 0 saturated carbocycles. The molecular formula is C17H20ClN5. The van der Waals surface area contributed by atoms with Crippen molar-refractivity contribution >= 4 is 30.0 Å². The summed E-state index contributed by atoms with van der Waals surface area (Å²) in [4.78, 5) is 15.4. The van der Waals surface area contributed by atoms with Crippen molar-refractivity contribution in [2.45, 2.75) is 12.6 Å². The Hall–Kier alpha value is -2.40. The van der Waals surface area contributed by atoms with E-state index in [-0.39, 0.29) is 0 Å². The highest BCUT2D eigenvalue weighted by molar-refractivity contribution is 6.30. The normalized spacial score (nSPS) is 14.3. The van der Waals surface area contributed by atoms with Gasteiger partial charge in [-0.25, -0.2) is 9.98 Å². The van der Waals surface area contributed by atoms with E-state index in [1.54, 1.807) is 12.4 Å². The number of pyridine rings is 1. The molecule has 0 saturated heterocycles. The number of aliphatic imine (C=N–C) groups is 2. The van der Waals surface area contributed by atoms with E-state index in [2.05, 4.69) is 15.0 Å². The Morgan fingerprint density at radius 1 is 1.17 bits per heavy atom. The Kier molecular flexibility index (Phi) is 5.34. The molecule has 0 aliphatic heterocycles. The number of hydrogen-bond acceptors (Lipinski definition) is 4. The molecule has 2 N–H and O–H groups in total. The van der Waals surface area contributed by atoms with Crippen molar-refractivity contribution in [2.24, 2.45) is 15.7 Å². The van der Waals surface area contributed by atoms with Gasteiger partial charge in [0.05, 0.1) is 6.34 Å². The molecule has 23 heavy (non-hydrogen) atoms. The second-order valence-electron chi connectivity index (χ2n) is 5.15. The zero-order valence-electron chi connectivity index (χ0n) is 13.4.